The summed E-state index contributed by atoms with van der Waals surface area (Å²) in [4.78, 5) is 17.8. The molecule has 0 spiro atoms. The van der Waals surface area contributed by atoms with Crippen LogP contribution in [0.5, 0.6) is 0 Å². The van der Waals surface area contributed by atoms with Gasteiger partial charge >= 0.3 is 0 Å². The molecule has 31 heavy (non-hydrogen) atoms. The van der Waals surface area contributed by atoms with Gasteiger partial charge in [-0.1, -0.05) is 37.3 Å². The molecule has 1 aromatic rings. The molecule has 1 aromatic carbocycles. The van der Waals surface area contributed by atoms with E-state index in [1.807, 2.05) is 6.92 Å². The van der Waals surface area contributed by atoms with Crippen LogP contribution >= 0.6 is 0 Å². The molecule has 3 aliphatic heterocycles. The zero-order valence-corrected chi connectivity index (χ0v) is 19.3. The van der Waals surface area contributed by atoms with Gasteiger partial charge in [0, 0.05) is 45.2 Å². The fourth-order valence-electron chi connectivity index (χ4n) is 6.62. The van der Waals surface area contributed by atoms with E-state index in [0.717, 1.165) is 63.3 Å². The number of rotatable bonds is 8. The van der Waals surface area contributed by atoms with Gasteiger partial charge in [-0.15, -0.1) is 0 Å². The minimum absolute atomic E-state index is 0.114. The topological polar surface area (TPSA) is 32.8 Å². The molecule has 1 saturated carbocycles. The van der Waals surface area contributed by atoms with Crippen LogP contribution in [-0.2, 0) is 9.53 Å². The summed E-state index contributed by atoms with van der Waals surface area (Å²) in [6.07, 6.45) is 9.18. The smallest absolute Gasteiger partial charge is 0.134 e. The van der Waals surface area contributed by atoms with Crippen LogP contribution in [-0.4, -0.2) is 66.6 Å². The van der Waals surface area contributed by atoms with Gasteiger partial charge in [0.05, 0.1) is 5.54 Å². The highest BCUT2D eigenvalue weighted by Crippen LogP contribution is 2.52. The van der Waals surface area contributed by atoms with Gasteiger partial charge in [-0.3, -0.25) is 14.6 Å². The first-order chi connectivity index (χ1) is 15.2. The van der Waals surface area contributed by atoms with Crippen LogP contribution in [0.3, 0.4) is 0 Å². The highest BCUT2D eigenvalue weighted by atomic mass is 16.5. The number of hydrogen-bond acceptors (Lipinski definition) is 4. The van der Waals surface area contributed by atoms with E-state index in [1.54, 1.807) is 5.56 Å². The van der Waals surface area contributed by atoms with Crippen molar-refractivity contribution >= 4 is 5.78 Å². The van der Waals surface area contributed by atoms with E-state index in [9.17, 15) is 4.79 Å². The van der Waals surface area contributed by atoms with E-state index in [4.69, 9.17) is 4.74 Å². The molecule has 2 atom stereocenters. The average Bonchev–Trinajstić information content (AvgIpc) is 3.56. The summed E-state index contributed by atoms with van der Waals surface area (Å²) in [6, 6.07) is 11.8. The molecular formula is C27H40N2O2. The Morgan fingerprint density at radius 2 is 1.77 bits per heavy atom. The van der Waals surface area contributed by atoms with E-state index < -0.39 is 0 Å². The Balaban J connectivity index is 1.13. The fraction of sp³-hybridized carbons (Fsp3) is 0.741. The lowest BCUT2D eigenvalue weighted by molar-refractivity contribution is -0.135. The van der Waals surface area contributed by atoms with Gasteiger partial charge in [-0.25, -0.2) is 0 Å². The van der Waals surface area contributed by atoms with Gasteiger partial charge in [0.15, 0.2) is 0 Å². The Morgan fingerprint density at radius 1 is 1.06 bits per heavy atom. The molecule has 4 nitrogen and oxygen atoms in total. The maximum atomic E-state index is 12.5. The van der Waals surface area contributed by atoms with Gasteiger partial charge < -0.3 is 4.74 Å². The Morgan fingerprint density at radius 3 is 2.45 bits per heavy atom. The first-order valence-electron chi connectivity index (χ1n) is 12.8. The van der Waals surface area contributed by atoms with Crippen molar-refractivity contribution < 1.29 is 9.53 Å². The van der Waals surface area contributed by atoms with Gasteiger partial charge in [0.2, 0.25) is 0 Å². The molecular weight excluding hydrogens is 384 g/mol. The Hall–Kier alpha value is -1.23. The second-order valence-corrected chi connectivity index (χ2v) is 10.7. The number of nitrogens with zero attached hydrogens (tertiary/aromatic N) is 2. The lowest BCUT2D eigenvalue weighted by Crippen LogP contribution is -2.73. The van der Waals surface area contributed by atoms with Gasteiger partial charge in [0.1, 0.15) is 5.78 Å². The van der Waals surface area contributed by atoms with E-state index in [2.05, 4.69) is 40.1 Å². The Bertz CT molecular complexity index is 731. The predicted octanol–water partition coefficient (Wildman–Crippen LogP) is 4.49. The normalized spacial score (nSPS) is 30.1. The number of likely N-dealkylation sites (tertiary alicyclic amines) is 2. The minimum atomic E-state index is 0.114. The van der Waals surface area contributed by atoms with Crippen LogP contribution in [0.2, 0.25) is 0 Å². The van der Waals surface area contributed by atoms with Crippen LogP contribution in [0, 0.1) is 11.8 Å². The quantitative estimate of drug-likeness (QED) is 0.615. The lowest BCUT2D eigenvalue weighted by atomic mass is 9.78. The van der Waals surface area contributed by atoms with E-state index in [0.29, 0.717) is 18.2 Å². The van der Waals surface area contributed by atoms with Crippen molar-refractivity contribution in [2.75, 3.05) is 39.4 Å². The summed E-state index contributed by atoms with van der Waals surface area (Å²) >= 11 is 0. The summed E-state index contributed by atoms with van der Waals surface area (Å²) < 4.78 is 5.56. The second-order valence-electron chi connectivity index (χ2n) is 10.7. The van der Waals surface area contributed by atoms with Crippen molar-refractivity contribution in [1.29, 1.82) is 0 Å². The molecule has 1 aliphatic carbocycles. The number of hydrogen-bond donors (Lipinski definition) is 0. The third-order valence-corrected chi connectivity index (χ3v) is 8.69. The molecule has 0 bridgehead atoms. The van der Waals surface area contributed by atoms with Crippen molar-refractivity contribution in [1.82, 2.24) is 9.80 Å². The number of Topliss-reactive ketones (excluding diaryl/α,β-unsaturated/α-hetero) is 1. The zero-order chi connectivity index (χ0) is 21.3. The number of piperidine rings is 1. The first kappa shape index (κ1) is 21.6. The molecule has 5 rings (SSSR count). The summed E-state index contributed by atoms with van der Waals surface area (Å²) in [5.74, 6) is 3.03. The molecule has 0 aromatic heterocycles. The maximum Gasteiger partial charge on any atom is 0.134 e. The minimum Gasteiger partial charge on any atom is -0.381 e. The van der Waals surface area contributed by atoms with Gasteiger partial charge in [0.25, 0.3) is 0 Å². The molecule has 0 N–H and O–H groups in total. The first-order valence-corrected chi connectivity index (χ1v) is 12.8. The standard InChI is InChI=1S/C27H40N2O2/c1-2-25(30)18-27(19-28(20-27)24-10-14-31-15-11-24)29-12-8-21(9-13-29)16-23-17-26(23)22-6-4-3-5-7-22/h3-7,21,23-24,26H,2,8-20H2,1H3/t23-,26?/m1/s1. The van der Waals surface area contributed by atoms with Gasteiger partial charge in [-0.2, -0.15) is 0 Å². The van der Waals surface area contributed by atoms with Crippen molar-refractivity contribution in [2.24, 2.45) is 11.8 Å². The van der Waals surface area contributed by atoms with Gasteiger partial charge in [-0.05, 0) is 74.9 Å². The molecule has 0 amide bonds. The number of carbonyl (C=O) groups excluding carboxylic acids is 1. The summed E-state index contributed by atoms with van der Waals surface area (Å²) in [5, 5.41) is 0. The number of ketones is 1. The molecule has 3 saturated heterocycles. The molecule has 1 unspecified atom stereocenters. The van der Waals surface area contributed by atoms with Crippen molar-refractivity contribution in [2.45, 2.75) is 75.8 Å². The number of carbonyl (C=O) groups is 1. The predicted molar refractivity (Wildman–Crippen MR) is 124 cm³/mol. The Labute approximate surface area is 188 Å². The fourth-order valence-corrected chi connectivity index (χ4v) is 6.62. The largest absolute Gasteiger partial charge is 0.381 e. The van der Waals surface area contributed by atoms with Crippen LogP contribution < -0.4 is 0 Å². The molecule has 4 heteroatoms. The van der Waals surface area contributed by atoms with Crippen LogP contribution in [0.15, 0.2) is 30.3 Å². The third kappa shape index (κ3) is 4.77. The molecule has 4 fully saturated rings. The monoisotopic (exact) mass is 424 g/mol. The summed E-state index contributed by atoms with van der Waals surface area (Å²) in [7, 11) is 0. The second kappa shape index (κ2) is 9.33. The SMILES string of the molecule is CCC(=O)CC1(N2CCC(C[C@@H]3CC3c3ccccc3)CC2)CN(C2CCOCC2)C1. The number of benzene rings is 1. The van der Waals surface area contributed by atoms with Crippen LogP contribution in [0.25, 0.3) is 0 Å². The van der Waals surface area contributed by atoms with Crippen LogP contribution in [0.1, 0.15) is 69.8 Å². The molecule has 0 radical (unpaired) electrons. The molecule has 170 valence electrons. The van der Waals surface area contributed by atoms with Crippen LogP contribution in [0.4, 0.5) is 0 Å². The zero-order valence-electron chi connectivity index (χ0n) is 19.3. The summed E-state index contributed by atoms with van der Waals surface area (Å²) in [6.45, 7) is 8.38. The highest BCUT2D eigenvalue weighted by molar-refractivity contribution is 5.79. The van der Waals surface area contributed by atoms with E-state index in [1.165, 1.54) is 38.8 Å². The third-order valence-electron chi connectivity index (χ3n) is 8.69. The van der Waals surface area contributed by atoms with Crippen molar-refractivity contribution in [3.8, 4) is 0 Å². The molecule has 4 aliphatic rings. The van der Waals surface area contributed by atoms with Crippen molar-refractivity contribution in [3.05, 3.63) is 35.9 Å². The maximum absolute atomic E-state index is 12.5. The van der Waals surface area contributed by atoms with E-state index in [-0.39, 0.29) is 5.54 Å². The molecule has 3 heterocycles. The average molecular weight is 425 g/mol. The Kier molecular flexibility index (Phi) is 6.50. The van der Waals surface area contributed by atoms with Crippen molar-refractivity contribution in [3.63, 3.8) is 0 Å². The lowest BCUT2D eigenvalue weighted by Gasteiger charge is -2.59. The number of ether oxygens (including phenoxy) is 1. The highest BCUT2D eigenvalue weighted by Gasteiger charge is 2.51. The van der Waals surface area contributed by atoms with E-state index >= 15 is 0 Å². The summed E-state index contributed by atoms with van der Waals surface area (Å²) in [5.41, 5.74) is 1.66.